The van der Waals surface area contributed by atoms with Crippen LogP contribution in [0.4, 0.5) is 19.1 Å². The lowest BCUT2D eigenvalue weighted by Crippen LogP contribution is -2.33. The van der Waals surface area contributed by atoms with Crippen LogP contribution in [0.5, 0.6) is 0 Å². The van der Waals surface area contributed by atoms with Crippen molar-refractivity contribution in [3.63, 3.8) is 0 Å². The van der Waals surface area contributed by atoms with Crippen molar-refractivity contribution in [1.82, 2.24) is 14.6 Å². The van der Waals surface area contributed by atoms with Gasteiger partial charge in [-0.25, -0.2) is 0 Å². The summed E-state index contributed by atoms with van der Waals surface area (Å²) in [6, 6.07) is -0.0666. The Morgan fingerprint density at radius 3 is 2.70 bits per heavy atom. The molecule has 0 aliphatic heterocycles. The highest BCUT2D eigenvalue weighted by Crippen LogP contribution is 2.32. The lowest BCUT2D eigenvalue weighted by molar-refractivity contribution is -0.137. The number of carbonyl (C=O) groups excluding carboxylic acids is 1. The van der Waals surface area contributed by atoms with E-state index in [1.165, 1.54) is 6.92 Å². The molecule has 0 aromatic carbocycles. The van der Waals surface area contributed by atoms with Crippen LogP contribution in [0.15, 0.2) is 12.3 Å². The number of hydrogen-bond donors (Lipinski definition) is 2. The van der Waals surface area contributed by atoms with Gasteiger partial charge in [-0.3, -0.25) is 9.20 Å². The lowest BCUT2D eigenvalue weighted by Gasteiger charge is -2.11. The van der Waals surface area contributed by atoms with E-state index in [-0.39, 0.29) is 16.6 Å². The quantitative estimate of drug-likeness (QED) is 0.903. The summed E-state index contributed by atoms with van der Waals surface area (Å²) in [7, 11) is 0. The minimum Gasteiger partial charge on any atom is -0.368 e. The molecular weight excluding hydrogens is 299 g/mol. The number of nitrogens with two attached hydrogens (primary N) is 1. The zero-order chi connectivity index (χ0) is 15.1. The molecule has 1 atom stereocenters. The number of rotatable bonds is 3. The molecule has 2 heterocycles. The second-order valence-corrected chi connectivity index (χ2v) is 4.47. The molecule has 20 heavy (non-hydrogen) atoms. The molecule has 0 saturated heterocycles. The van der Waals surface area contributed by atoms with Crippen LogP contribution in [0.1, 0.15) is 12.5 Å². The highest BCUT2D eigenvalue weighted by molar-refractivity contribution is 6.33. The third-order valence-corrected chi connectivity index (χ3v) is 2.84. The molecule has 2 rings (SSSR count). The average molecular weight is 308 g/mol. The number of alkyl halides is 3. The Hall–Kier alpha value is -2.03. The molecule has 0 aliphatic carbocycles. The zero-order valence-electron chi connectivity index (χ0n) is 10.1. The molecule has 2 aromatic rings. The number of nitrogens with zero attached hydrogens (tertiary/aromatic N) is 3. The van der Waals surface area contributed by atoms with E-state index in [0.717, 1.165) is 16.7 Å². The minimum absolute atomic E-state index is 0.0406. The summed E-state index contributed by atoms with van der Waals surface area (Å²) in [4.78, 5) is 11.0. The Balaban J connectivity index is 2.53. The highest BCUT2D eigenvalue weighted by Gasteiger charge is 2.32. The number of pyridine rings is 1. The van der Waals surface area contributed by atoms with Gasteiger partial charge in [-0.05, 0) is 13.0 Å². The molecule has 3 N–H and O–H groups in total. The fourth-order valence-electron chi connectivity index (χ4n) is 1.47. The molecule has 0 spiro atoms. The van der Waals surface area contributed by atoms with Gasteiger partial charge in [-0.1, -0.05) is 11.6 Å². The van der Waals surface area contributed by atoms with E-state index < -0.39 is 23.7 Å². The molecule has 0 aliphatic rings. The van der Waals surface area contributed by atoms with Crippen LogP contribution in [-0.4, -0.2) is 26.5 Å². The Kier molecular flexibility index (Phi) is 3.46. The first-order valence-electron chi connectivity index (χ1n) is 5.37. The summed E-state index contributed by atoms with van der Waals surface area (Å²) in [5.74, 6) is -0.737. The van der Waals surface area contributed by atoms with E-state index in [2.05, 4.69) is 15.5 Å². The summed E-state index contributed by atoms with van der Waals surface area (Å²) in [5.41, 5.74) is 4.15. The number of anilines is 1. The van der Waals surface area contributed by atoms with E-state index in [9.17, 15) is 18.0 Å². The van der Waals surface area contributed by atoms with E-state index in [4.69, 9.17) is 17.3 Å². The van der Waals surface area contributed by atoms with Gasteiger partial charge in [0.15, 0.2) is 5.65 Å². The first kappa shape index (κ1) is 14.4. The number of primary amides is 1. The standard InChI is InChI=1S/C10H9ClF3N5O/c1-4(7(15)20)16-9-18-17-8-6(11)2-5(3-19(8)9)10(12,13)14/h2-4H,1H3,(H2,15,20)(H,16,18). The number of halogens is 4. The van der Waals surface area contributed by atoms with Crippen molar-refractivity contribution in [2.45, 2.75) is 19.1 Å². The first-order chi connectivity index (χ1) is 9.20. The largest absolute Gasteiger partial charge is 0.417 e. The Bertz CT molecular complexity index is 669. The monoisotopic (exact) mass is 307 g/mol. The van der Waals surface area contributed by atoms with Gasteiger partial charge in [0.05, 0.1) is 10.6 Å². The Morgan fingerprint density at radius 2 is 2.15 bits per heavy atom. The van der Waals surface area contributed by atoms with Gasteiger partial charge < -0.3 is 11.1 Å². The second-order valence-electron chi connectivity index (χ2n) is 4.06. The van der Waals surface area contributed by atoms with Crippen LogP contribution in [0, 0.1) is 0 Å². The summed E-state index contributed by atoms with van der Waals surface area (Å²) in [5, 5.41) is 9.65. The predicted octanol–water partition coefficient (Wildman–Crippen LogP) is 1.69. The second kappa shape index (κ2) is 4.82. The number of aromatic nitrogens is 3. The summed E-state index contributed by atoms with van der Waals surface area (Å²) < 4.78 is 39.2. The van der Waals surface area contributed by atoms with Crippen LogP contribution >= 0.6 is 11.6 Å². The zero-order valence-corrected chi connectivity index (χ0v) is 10.8. The fraction of sp³-hybridized carbons (Fsp3) is 0.300. The van der Waals surface area contributed by atoms with Gasteiger partial charge in [-0.2, -0.15) is 13.2 Å². The Labute approximate surface area is 115 Å². The van der Waals surface area contributed by atoms with Crippen LogP contribution < -0.4 is 11.1 Å². The maximum Gasteiger partial charge on any atom is 0.417 e. The summed E-state index contributed by atoms with van der Waals surface area (Å²) in [6.45, 7) is 1.44. The van der Waals surface area contributed by atoms with Crippen molar-refractivity contribution in [3.8, 4) is 0 Å². The molecule has 1 unspecified atom stereocenters. The molecular formula is C10H9ClF3N5O. The number of carbonyl (C=O) groups is 1. The maximum absolute atomic E-state index is 12.7. The number of hydrogen-bond acceptors (Lipinski definition) is 4. The van der Waals surface area contributed by atoms with Crippen molar-refractivity contribution in [2.24, 2.45) is 5.73 Å². The maximum atomic E-state index is 12.7. The smallest absolute Gasteiger partial charge is 0.368 e. The van der Waals surface area contributed by atoms with Gasteiger partial charge in [0.2, 0.25) is 11.9 Å². The van der Waals surface area contributed by atoms with Crippen molar-refractivity contribution >= 4 is 29.1 Å². The predicted molar refractivity (Wildman–Crippen MR) is 65.3 cm³/mol. The normalized spacial score (nSPS) is 13.4. The molecule has 1 amide bonds. The van der Waals surface area contributed by atoms with Crippen LogP contribution in [-0.2, 0) is 11.0 Å². The van der Waals surface area contributed by atoms with E-state index in [1.54, 1.807) is 0 Å². The van der Waals surface area contributed by atoms with E-state index in [0.29, 0.717) is 0 Å². The number of fused-ring (bicyclic) bond motifs is 1. The van der Waals surface area contributed by atoms with Crippen molar-refractivity contribution < 1.29 is 18.0 Å². The van der Waals surface area contributed by atoms with E-state index >= 15 is 0 Å². The van der Waals surface area contributed by atoms with Gasteiger partial charge >= 0.3 is 6.18 Å². The molecule has 10 heteroatoms. The average Bonchev–Trinajstić information content (AvgIpc) is 2.71. The highest BCUT2D eigenvalue weighted by atomic mass is 35.5. The summed E-state index contributed by atoms with van der Waals surface area (Å²) >= 11 is 5.74. The molecule has 2 aromatic heterocycles. The third-order valence-electron chi connectivity index (χ3n) is 2.56. The molecule has 0 fully saturated rings. The van der Waals surface area contributed by atoms with Crippen molar-refractivity contribution in [1.29, 1.82) is 0 Å². The first-order valence-corrected chi connectivity index (χ1v) is 5.75. The SMILES string of the molecule is CC(Nc1nnc2c(Cl)cc(C(F)(F)F)cn12)C(N)=O. The molecule has 108 valence electrons. The molecule has 0 bridgehead atoms. The summed E-state index contributed by atoms with van der Waals surface area (Å²) in [6.07, 6.45) is -3.77. The van der Waals surface area contributed by atoms with Gasteiger partial charge in [0.25, 0.3) is 0 Å². The van der Waals surface area contributed by atoms with E-state index in [1.807, 2.05) is 0 Å². The molecule has 0 radical (unpaired) electrons. The van der Waals surface area contributed by atoms with Crippen molar-refractivity contribution in [2.75, 3.05) is 5.32 Å². The Morgan fingerprint density at radius 1 is 1.50 bits per heavy atom. The van der Waals surface area contributed by atoms with Crippen LogP contribution in [0.25, 0.3) is 5.65 Å². The number of nitrogens with one attached hydrogen (secondary N) is 1. The molecule has 0 saturated carbocycles. The third kappa shape index (κ3) is 2.62. The minimum atomic E-state index is -4.56. The van der Waals surface area contributed by atoms with Gasteiger partial charge in [0.1, 0.15) is 6.04 Å². The van der Waals surface area contributed by atoms with Crippen molar-refractivity contribution in [3.05, 3.63) is 22.8 Å². The van der Waals surface area contributed by atoms with Crippen LogP contribution in [0.3, 0.4) is 0 Å². The van der Waals surface area contributed by atoms with Gasteiger partial charge in [0, 0.05) is 6.20 Å². The number of amides is 1. The topological polar surface area (TPSA) is 85.3 Å². The fourth-order valence-corrected chi connectivity index (χ4v) is 1.72. The van der Waals surface area contributed by atoms with Crippen LogP contribution in [0.2, 0.25) is 5.02 Å². The molecule has 6 nitrogen and oxygen atoms in total. The van der Waals surface area contributed by atoms with Gasteiger partial charge in [-0.15, -0.1) is 10.2 Å². The lowest BCUT2D eigenvalue weighted by atomic mass is 10.3.